The highest BCUT2D eigenvalue weighted by molar-refractivity contribution is 7.89. The number of carbonyl (C=O) groups excluding carboxylic acids is 1. The van der Waals surface area contributed by atoms with Gasteiger partial charge in [0.15, 0.2) is 0 Å². The Balaban J connectivity index is 1.60. The maximum atomic E-state index is 12.6. The van der Waals surface area contributed by atoms with Gasteiger partial charge in [0.25, 0.3) is 0 Å². The van der Waals surface area contributed by atoms with E-state index in [0.29, 0.717) is 18.1 Å². The highest BCUT2D eigenvalue weighted by Gasteiger charge is 2.40. The Morgan fingerprint density at radius 1 is 1.25 bits per heavy atom. The van der Waals surface area contributed by atoms with Crippen LogP contribution < -0.4 is 5.73 Å². The van der Waals surface area contributed by atoms with Crippen LogP contribution in [-0.4, -0.2) is 55.8 Å². The maximum absolute atomic E-state index is 12.6. The molecule has 0 radical (unpaired) electrons. The Hall–Kier alpha value is -1.15. The van der Waals surface area contributed by atoms with E-state index < -0.39 is 10.0 Å². The van der Waals surface area contributed by atoms with Crippen LogP contribution in [0.15, 0.2) is 23.1 Å². The fraction of sp³-hybridized carbons (Fsp3) is 0.562. The van der Waals surface area contributed by atoms with Crippen molar-refractivity contribution in [2.75, 3.05) is 26.2 Å². The monoisotopic (exact) mass is 371 g/mol. The molecule has 0 bridgehead atoms. The fourth-order valence-corrected chi connectivity index (χ4v) is 5.06. The molecule has 2 fully saturated rings. The number of hydrogen-bond donors (Lipinski definition) is 1. The molecule has 1 amide bonds. The highest BCUT2D eigenvalue weighted by atomic mass is 35.5. The SMILES string of the molecule is Cc1ccc(S(=O)(=O)N2CC(N3CCC(C(N)=O)CC3)C2)cc1Cl. The zero-order chi connectivity index (χ0) is 17.5. The van der Waals surface area contributed by atoms with Crippen molar-refractivity contribution >= 4 is 27.5 Å². The molecule has 0 spiro atoms. The topological polar surface area (TPSA) is 83.7 Å². The van der Waals surface area contributed by atoms with E-state index in [1.54, 1.807) is 12.1 Å². The molecule has 24 heavy (non-hydrogen) atoms. The van der Waals surface area contributed by atoms with Crippen LogP contribution in [0.2, 0.25) is 5.02 Å². The van der Waals surface area contributed by atoms with Crippen molar-refractivity contribution in [3.63, 3.8) is 0 Å². The van der Waals surface area contributed by atoms with Crippen molar-refractivity contribution in [1.82, 2.24) is 9.21 Å². The van der Waals surface area contributed by atoms with Gasteiger partial charge in [-0.2, -0.15) is 4.31 Å². The smallest absolute Gasteiger partial charge is 0.243 e. The molecule has 2 aliphatic heterocycles. The van der Waals surface area contributed by atoms with Crippen LogP contribution in [0.4, 0.5) is 0 Å². The standard InChI is InChI=1S/C16H22ClN3O3S/c1-11-2-3-14(8-15(11)17)24(22,23)20-9-13(10-20)19-6-4-12(5-7-19)16(18)21/h2-3,8,12-13H,4-7,9-10H2,1H3,(H2,18,21). The van der Waals surface area contributed by atoms with Gasteiger partial charge in [-0.05, 0) is 50.6 Å². The minimum Gasteiger partial charge on any atom is -0.369 e. The number of nitrogens with zero attached hydrogens (tertiary/aromatic N) is 2. The number of rotatable bonds is 4. The first-order chi connectivity index (χ1) is 11.3. The molecule has 2 saturated heterocycles. The fourth-order valence-electron chi connectivity index (χ4n) is 3.28. The maximum Gasteiger partial charge on any atom is 0.243 e. The van der Waals surface area contributed by atoms with E-state index >= 15 is 0 Å². The molecule has 1 aromatic carbocycles. The molecule has 8 heteroatoms. The predicted octanol–water partition coefficient (Wildman–Crippen LogP) is 1.22. The first-order valence-corrected chi connectivity index (χ1v) is 9.90. The molecule has 0 aromatic heterocycles. The summed E-state index contributed by atoms with van der Waals surface area (Å²) in [6, 6.07) is 5.05. The molecule has 0 atom stereocenters. The van der Waals surface area contributed by atoms with Crippen LogP contribution >= 0.6 is 11.6 Å². The van der Waals surface area contributed by atoms with Gasteiger partial charge in [-0.1, -0.05) is 17.7 Å². The second kappa shape index (κ2) is 6.63. The Kier molecular flexibility index (Phi) is 4.88. The van der Waals surface area contributed by atoms with Gasteiger partial charge >= 0.3 is 0 Å². The van der Waals surface area contributed by atoms with Crippen LogP contribution in [-0.2, 0) is 14.8 Å². The lowest BCUT2D eigenvalue weighted by molar-refractivity contribution is -0.123. The van der Waals surface area contributed by atoms with E-state index in [9.17, 15) is 13.2 Å². The van der Waals surface area contributed by atoms with Gasteiger partial charge in [0, 0.05) is 30.1 Å². The van der Waals surface area contributed by atoms with E-state index in [4.69, 9.17) is 17.3 Å². The number of piperidine rings is 1. The van der Waals surface area contributed by atoms with Gasteiger partial charge in [0.05, 0.1) is 4.90 Å². The summed E-state index contributed by atoms with van der Waals surface area (Å²) in [7, 11) is -3.49. The average molecular weight is 372 g/mol. The number of hydrogen-bond acceptors (Lipinski definition) is 4. The van der Waals surface area contributed by atoms with Gasteiger partial charge in [0.1, 0.15) is 0 Å². The highest BCUT2D eigenvalue weighted by Crippen LogP contribution is 2.29. The average Bonchev–Trinajstić information content (AvgIpc) is 2.48. The number of likely N-dealkylation sites (tertiary alicyclic amines) is 1. The zero-order valence-electron chi connectivity index (χ0n) is 13.6. The van der Waals surface area contributed by atoms with E-state index in [1.165, 1.54) is 10.4 Å². The van der Waals surface area contributed by atoms with Crippen LogP contribution in [0.25, 0.3) is 0 Å². The molecular formula is C16H22ClN3O3S. The lowest BCUT2D eigenvalue weighted by Crippen LogP contribution is -2.62. The third-order valence-corrected chi connectivity index (χ3v) is 7.29. The lowest BCUT2D eigenvalue weighted by Gasteiger charge is -2.46. The summed E-state index contributed by atoms with van der Waals surface area (Å²) in [6.45, 7) is 4.39. The first kappa shape index (κ1) is 17.7. The number of aryl methyl sites for hydroxylation is 1. The van der Waals surface area contributed by atoms with E-state index in [1.807, 2.05) is 6.92 Å². The largest absolute Gasteiger partial charge is 0.369 e. The Morgan fingerprint density at radius 3 is 2.42 bits per heavy atom. The molecule has 132 valence electrons. The molecule has 2 aliphatic rings. The van der Waals surface area contributed by atoms with E-state index in [0.717, 1.165) is 31.5 Å². The predicted molar refractivity (Wildman–Crippen MR) is 92.2 cm³/mol. The van der Waals surface area contributed by atoms with Gasteiger partial charge < -0.3 is 5.73 Å². The molecule has 2 heterocycles. The van der Waals surface area contributed by atoms with Gasteiger partial charge in [-0.3, -0.25) is 9.69 Å². The summed E-state index contributed by atoms with van der Waals surface area (Å²) in [5.74, 6) is -0.278. The number of nitrogens with two attached hydrogens (primary N) is 1. The van der Waals surface area contributed by atoms with Crippen LogP contribution in [0, 0.1) is 12.8 Å². The summed E-state index contributed by atoms with van der Waals surface area (Å²) in [4.78, 5) is 13.7. The number of primary amides is 1. The van der Waals surface area contributed by atoms with Crippen molar-refractivity contribution in [3.8, 4) is 0 Å². The Labute approximate surface area is 147 Å². The van der Waals surface area contributed by atoms with Crippen molar-refractivity contribution in [2.24, 2.45) is 11.7 Å². The molecule has 6 nitrogen and oxygen atoms in total. The molecule has 0 aliphatic carbocycles. The van der Waals surface area contributed by atoms with Crippen molar-refractivity contribution < 1.29 is 13.2 Å². The molecule has 0 unspecified atom stereocenters. The van der Waals surface area contributed by atoms with Crippen molar-refractivity contribution in [1.29, 1.82) is 0 Å². The number of amides is 1. The summed E-state index contributed by atoms with van der Waals surface area (Å²) in [5, 5.41) is 0.460. The molecule has 2 N–H and O–H groups in total. The normalized spacial score (nSPS) is 21.6. The van der Waals surface area contributed by atoms with Gasteiger partial charge in [-0.25, -0.2) is 8.42 Å². The lowest BCUT2D eigenvalue weighted by atomic mass is 9.94. The third kappa shape index (κ3) is 3.31. The van der Waals surface area contributed by atoms with Crippen LogP contribution in [0.1, 0.15) is 18.4 Å². The Morgan fingerprint density at radius 2 is 1.88 bits per heavy atom. The third-order valence-electron chi connectivity index (χ3n) is 5.06. The quantitative estimate of drug-likeness (QED) is 0.862. The molecule has 1 aromatic rings. The van der Waals surface area contributed by atoms with Crippen LogP contribution in [0.3, 0.4) is 0 Å². The van der Waals surface area contributed by atoms with Gasteiger partial charge in [0.2, 0.25) is 15.9 Å². The van der Waals surface area contributed by atoms with E-state index in [-0.39, 0.29) is 22.8 Å². The summed E-state index contributed by atoms with van der Waals surface area (Å²) < 4.78 is 26.8. The number of benzene rings is 1. The second-order valence-electron chi connectivity index (χ2n) is 6.60. The zero-order valence-corrected chi connectivity index (χ0v) is 15.2. The van der Waals surface area contributed by atoms with Gasteiger partial charge in [-0.15, -0.1) is 0 Å². The number of carbonyl (C=O) groups is 1. The molecule has 0 saturated carbocycles. The minimum atomic E-state index is -3.49. The molecular weight excluding hydrogens is 350 g/mol. The van der Waals surface area contributed by atoms with Crippen LogP contribution in [0.5, 0.6) is 0 Å². The summed E-state index contributed by atoms with van der Waals surface area (Å²) >= 11 is 6.05. The number of halogens is 1. The second-order valence-corrected chi connectivity index (χ2v) is 8.94. The minimum absolute atomic E-state index is 0.0455. The van der Waals surface area contributed by atoms with Crippen molar-refractivity contribution in [2.45, 2.75) is 30.7 Å². The molecule has 3 rings (SSSR count). The van der Waals surface area contributed by atoms with E-state index in [2.05, 4.69) is 4.90 Å². The first-order valence-electron chi connectivity index (χ1n) is 8.08. The summed E-state index contributed by atoms with van der Waals surface area (Å²) in [5.41, 5.74) is 6.20. The summed E-state index contributed by atoms with van der Waals surface area (Å²) in [6.07, 6.45) is 1.51. The number of sulfonamides is 1. The van der Waals surface area contributed by atoms with Crippen molar-refractivity contribution in [3.05, 3.63) is 28.8 Å². The Bertz CT molecular complexity index is 739.